The summed E-state index contributed by atoms with van der Waals surface area (Å²) in [5, 5.41) is 27.4. The van der Waals surface area contributed by atoms with Gasteiger partial charge < -0.3 is 31.9 Å². The minimum Gasteiger partial charge on any atom is -0.480 e. The number of carbonyl (C=O) groups excluding carboxylic acids is 3. The van der Waals surface area contributed by atoms with E-state index < -0.39 is 54.0 Å². The molecule has 206 valence electrons. The van der Waals surface area contributed by atoms with Crippen LogP contribution in [0, 0.1) is 0 Å². The summed E-state index contributed by atoms with van der Waals surface area (Å²) in [6.45, 7) is 1.31. The van der Waals surface area contributed by atoms with Crippen LogP contribution in [0.3, 0.4) is 0 Å². The predicted octanol–water partition coefficient (Wildman–Crippen LogP) is 0.472. The van der Waals surface area contributed by atoms with Gasteiger partial charge >= 0.3 is 5.97 Å². The number of amides is 3. The maximum Gasteiger partial charge on any atom is 0.326 e. The highest BCUT2D eigenvalue weighted by molar-refractivity contribution is 7.98. The first-order valence-corrected chi connectivity index (χ1v) is 13.7. The van der Waals surface area contributed by atoms with Gasteiger partial charge in [-0.3, -0.25) is 14.4 Å². The molecule has 5 atom stereocenters. The van der Waals surface area contributed by atoms with Gasteiger partial charge in [0.05, 0.1) is 12.1 Å². The van der Waals surface area contributed by atoms with E-state index in [-0.39, 0.29) is 12.8 Å². The number of hydrogen-bond donors (Lipinski definition) is 6. The predicted molar refractivity (Wildman–Crippen MR) is 146 cm³/mol. The van der Waals surface area contributed by atoms with Gasteiger partial charge in [-0.1, -0.05) is 60.7 Å². The second-order valence-corrected chi connectivity index (χ2v) is 9.94. The molecule has 2 aromatic carbocycles. The lowest BCUT2D eigenvalue weighted by Gasteiger charge is -2.26. The van der Waals surface area contributed by atoms with E-state index in [0.29, 0.717) is 17.7 Å². The second kappa shape index (κ2) is 15.8. The van der Waals surface area contributed by atoms with E-state index in [1.54, 1.807) is 66.4 Å². The van der Waals surface area contributed by atoms with Crippen LogP contribution in [0.5, 0.6) is 0 Å². The fraction of sp³-hybridized carbons (Fsp3) is 0.407. The molecule has 0 aromatic heterocycles. The third-order valence-corrected chi connectivity index (χ3v) is 6.49. The molecular weight excluding hydrogens is 508 g/mol. The van der Waals surface area contributed by atoms with Gasteiger partial charge in [0.25, 0.3) is 0 Å². The second-order valence-electron chi connectivity index (χ2n) is 8.95. The number of aliphatic hydroxyl groups excluding tert-OH is 1. The molecule has 2 aromatic rings. The van der Waals surface area contributed by atoms with Crippen molar-refractivity contribution in [3.8, 4) is 0 Å². The molecule has 0 aliphatic heterocycles. The number of carbonyl (C=O) groups is 4. The summed E-state index contributed by atoms with van der Waals surface area (Å²) in [4.78, 5) is 50.7. The van der Waals surface area contributed by atoms with Gasteiger partial charge in [-0.05, 0) is 36.5 Å². The highest BCUT2D eigenvalue weighted by atomic mass is 32.2. The molecule has 38 heavy (non-hydrogen) atoms. The number of benzene rings is 2. The molecule has 0 saturated heterocycles. The molecule has 0 aliphatic rings. The zero-order valence-electron chi connectivity index (χ0n) is 21.5. The number of hydrogen-bond acceptors (Lipinski definition) is 7. The molecule has 2 rings (SSSR count). The first-order chi connectivity index (χ1) is 18.1. The Kier molecular flexibility index (Phi) is 12.8. The van der Waals surface area contributed by atoms with Crippen molar-refractivity contribution in [2.75, 3.05) is 12.0 Å². The summed E-state index contributed by atoms with van der Waals surface area (Å²) in [6, 6.07) is 13.1. The van der Waals surface area contributed by atoms with Crippen LogP contribution in [0.2, 0.25) is 0 Å². The van der Waals surface area contributed by atoms with Crippen LogP contribution in [0.15, 0.2) is 60.7 Å². The number of aliphatic hydroxyl groups is 1. The quantitative estimate of drug-likeness (QED) is 0.188. The van der Waals surface area contributed by atoms with Crippen molar-refractivity contribution in [2.45, 2.75) is 56.5 Å². The summed E-state index contributed by atoms with van der Waals surface area (Å²) >= 11 is 1.54. The van der Waals surface area contributed by atoms with E-state index >= 15 is 0 Å². The Morgan fingerprint density at radius 3 is 1.79 bits per heavy atom. The average molecular weight is 545 g/mol. The lowest BCUT2D eigenvalue weighted by Crippen LogP contribution is -2.60. The van der Waals surface area contributed by atoms with Gasteiger partial charge in [-0.15, -0.1) is 0 Å². The Morgan fingerprint density at radius 2 is 1.32 bits per heavy atom. The molecule has 0 heterocycles. The molecular formula is C27H36N4O6S. The molecule has 0 saturated carbocycles. The smallest absolute Gasteiger partial charge is 0.326 e. The number of aliphatic carboxylic acids is 1. The van der Waals surface area contributed by atoms with Crippen molar-refractivity contribution >= 4 is 35.5 Å². The Morgan fingerprint density at radius 1 is 0.816 bits per heavy atom. The Balaban J connectivity index is 2.17. The average Bonchev–Trinajstić information content (AvgIpc) is 2.90. The molecule has 7 N–H and O–H groups in total. The van der Waals surface area contributed by atoms with Crippen LogP contribution < -0.4 is 21.7 Å². The largest absolute Gasteiger partial charge is 0.480 e. The van der Waals surface area contributed by atoms with Crippen LogP contribution in [0.4, 0.5) is 0 Å². The number of carboxylic acid groups (broad SMARTS) is 1. The van der Waals surface area contributed by atoms with Crippen LogP contribution in [-0.2, 0) is 32.0 Å². The molecule has 0 spiro atoms. The zero-order chi connectivity index (χ0) is 28.1. The maximum atomic E-state index is 13.3. The van der Waals surface area contributed by atoms with Crippen LogP contribution >= 0.6 is 11.8 Å². The highest BCUT2D eigenvalue weighted by Crippen LogP contribution is 2.08. The molecule has 0 bridgehead atoms. The summed E-state index contributed by atoms with van der Waals surface area (Å²) in [5.41, 5.74) is 7.43. The Labute approximate surface area is 226 Å². The minimum absolute atomic E-state index is 0.0169. The van der Waals surface area contributed by atoms with Crippen molar-refractivity contribution in [3.63, 3.8) is 0 Å². The van der Waals surface area contributed by atoms with E-state index in [9.17, 15) is 29.4 Å². The van der Waals surface area contributed by atoms with Gasteiger partial charge in [-0.25, -0.2) is 4.79 Å². The minimum atomic E-state index is -1.46. The maximum absolute atomic E-state index is 13.3. The number of rotatable bonds is 15. The topological polar surface area (TPSA) is 171 Å². The van der Waals surface area contributed by atoms with E-state index in [2.05, 4.69) is 16.0 Å². The number of thioether (sulfide) groups is 1. The Hall–Kier alpha value is -3.41. The van der Waals surface area contributed by atoms with Crippen molar-refractivity contribution in [3.05, 3.63) is 71.8 Å². The van der Waals surface area contributed by atoms with Crippen LogP contribution in [-0.4, -0.2) is 76.2 Å². The van der Waals surface area contributed by atoms with Crippen molar-refractivity contribution in [1.29, 1.82) is 0 Å². The van der Waals surface area contributed by atoms with E-state index in [0.717, 1.165) is 5.56 Å². The molecule has 0 radical (unpaired) electrons. The summed E-state index contributed by atoms with van der Waals surface area (Å²) < 4.78 is 0. The number of nitrogens with two attached hydrogens (primary N) is 1. The SMILES string of the molecule is CSCCC(N)C(=O)NC(Cc1ccccc1)C(=O)NC(C(=O)NC(Cc1ccccc1)C(=O)O)C(C)O. The van der Waals surface area contributed by atoms with Gasteiger partial charge in [0, 0.05) is 12.8 Å². The molecule has 5 unspecified atom stereocenters. The van der Waals surface area contributed by atoms with E-state index in [1.807, 2.05) is 12.3 Å². The van der Waals surface area contributed by atoms with E-state index in [1.165, 1.54) is 6.92 Å². The number of nitrogens with one attached hydrogen (secondary N) is 3. The fourth-order valence-corrected chi connectivity index (χ4v) is 4.17. The first kappa shape index (κ1) is 30.8. The molecule has 0 fully saturated rings. The Bertz CT molecular complexity index is 1050. The summed E-state index contributed by atoms with van der Waals surface area (Å²) in [5.74, 6) is -2.68. The van der Waals surface area contributed by atoms with Crippen molar-refractivity contribution in [1.82, 2.24) is 16.0 Å². The van der Waals surface area contributed by atoms with Crippen LogP contribution in [0.1, 0.15) is 24.5 Å². The van der Waals surface area contributed by atoms with E-state index in [4.69, 9.17) is 5.73 Å². The third-order valence-electron chi connectivity index (χ3n) is 5.85. The van der Waals surface area contributed by atoms with Gasteiger partial charge in [0.1, 0.15) is 18.1 Å². The monoisotopic (exact) mass is 544 g/mol. The molecule has 11 heteroatoms. The van der Waals surface area contributed by atoms with Crippen molar-refractivity contribution < 1.29 is 29.4 Å². The van der Waals surface area contributed by atoms with Gasteiger partial charge in [0.15, 0.2) is 0 Å². The lowest BCUT2D eigenvalue weighted by atomic mass is 10.0. The zero-order valence-corrected chi connectivity index (χ0v) is 22.3. The summed E-state index contributed by atoms with van der Waals surface area (Å²) in [7, 11) is 0. The summed E-state index contributed by atoms with van der Waals surface area (Å²) in [6.07, 6.45) is 1.11. The molecule has 3 amide bonds. The lowest BCUT2D eigenvalue weighted by molar-refractivity contribution is -0.143. The fourth-order valence-electron chi connectivity index (χ4n) is 3.68. The van der Waals surface area contributed by atoms with Gasteiger partial charge in [0.2, 0.25) is 17.7 Å². The molecule has 0 aliphatic carbocycles. The van der Waals surface area contributed by atoms with Crippen LogP contribution in [0.25, 0.3) is 0 Å². The van der Waals surface area contributed by atoms with Crippen molar-refractivity contribution in [2.24, 2.45) is 5.73 Å². The first-order valence-electron chi connectivity index (χ1n) is 12.3. The standard InChI is InChI=1S/C27H36N4O6S/c1-17(32)23(26(35)30-22(27(36)37)16-19-11-7-4-8-12-19)31-25(34)21(15-18-9-5-3-6-10-18)29-24(33)20(28)13-14-38-2/h3-12,17,20-23,32H,13-16,28H2,1-2H3,(H,29,33)(H,30,35)(H,31,34)(H,36,37). The number of carboxylic acids is 1. The highest BCUT2D eigenvalue weighted by Gasteiger charge is 2.33. The normalized spacial score (nSPS) is 14.8. The van der Waals surface area contributed by atoms with Gasteiger partial charge in [-0.2, -0.15) is 11.8 Å². The third kappa shape index (κ3) is 10.2. The molecule has 10 nitrogen and oxygen atoms in total.